The van der Waals surface area contributed by atoms with Crippen LogP contribution in [0.2, 0.25) is 5.02 Å². The van der Waals surface area contributed by atoms with Crippen LogP contribution in [-0.2, 0) is 16.0 Å². The zero-order chi connectivity index (χ0) is 14.5. The van der Waals surface area contributed by atoms with Gasteiger partial charge in [0.15, 0.2) is 0 Å². The van der Waals surface area contributed by atoms with Crippen LogP contribution in [0, 0.1) is 0 Å². The molecule has 0 aromatic heterocycles. The Kier molecular flexibility index (Phi) is 6.95. The summed E-state index contributed by atoms with van der Waals surface area (Å²) in [6.45, 7) is 2.21. The summed E-state index contributed by atoms with van der Waals surface area (Å²) < 4.78 is 0. The van der Waals surface area contributed by atoms with E-state index in [0.29, 0.717) is 37.6 Å². The Morgan fingerprint density at radius 2 is 1.57 bits per heavy atom. The van der Waals surface area contributed by atoms with Crippen molar-refractivity contribution in [3.8, 4) is 0 Å². The summed E-state index contributed by atoms with van der Waals surface area (Å²) in [6.07, 6.45) is 0.296. The second-order valence-electron chi connectivity index (χ2n) is 4.73. The first-order valence-corrected chi connectivity index (χ1v) is 6.98. The molecule has 0 atom stereocenters. The number of amides is 2. The van der Waals surface area contributed by atoms with Gasteiger partial charge in [-0.2, -0.15) is 0 Å². The van der Waals surface area contributed by atoms with Gasteiger partial charge in [-0.15, -0.1) is 12.4 Å². The molecule has 116 valence electrons. The smallest absolute Gasteiger partial charge is 0.236 e. The number of rotatable bonds is 3. The Balaban J connectivity index is 0.00000220. The second-order valence-corrected chi connectivity index (χ2v) is 5.14. The number of nitrogens with zero attached hydrogens (tertiary/aromatic N) is 2. The van der Waals surface area contributed by atoms with Crippen LogP contribution in [0.15, 0.2) is 24.3 Å². The third kappa shape index (κ3) is 4.59. The van der Waals surface area contributed by atoms with E-state index in [1.54, 1.807) is 15.9 Å². The summed E-state index contributed by atoms with van der Waals surface area (Å²) in [4.78, 5) is 27.1. The number of halogens is 2. The third-order valence-electron chi connectivity index (χ3n) is 3.46. The van der Waals surface area contributed by atoms with Crippen LogP contribution < -0.4 is 5.73 Å². The van der Waals surface area contributed by atoms with E-state index in [1.165, 1.54) is 0 Å². The molecular formula is C14H19Cl2N3O2. The van der Waals surface area contributed by atoms with Crippen molar-refractivity contribution in [3.63, 3.8) is 0 Å². The highest BCUT2D eigenvalue weighted by Crippen LogP contribution is 2.16. The number of piperazine rings is 1. The van der Waals surface area contributed by atoms with Crippen molar-refractivity contribution in [2.24, 2.45) is 5.73 Å². The summed E-state index contributed by atoms with van der Waals surface area (Å²) in [5.74, 6) is -0.0267. The van der Waals surface area contributed by atoms with Crippen LogP contribution in [-0.4, -0.2) is 54.3 Å². The molecule has 7 heteroatoms. The van der Waals surface area contributed by atoms with E-state index >= 15 is 0 Å². The van der Waals surface area contributed by atoms with Crippen LogP contribution in [0.5, 0.6) is 0 Å². The molecular weight excluding hydrogens is 313 g/mol. The number of hydrogen-bond donors (Lipinski definition) is 1. The molecule has 2 N–H and O–H groups in total. The maximum Gasteiger partial charge on any atom is 0.236 e. The molecule has 0 saturated carbocycles. The van der Waals surface area contributed by atoms with E-state index in [9.17, 15) is 9.59 Å². The topological polar surface area (TPSA) is 66.6 Å². The van der Waals surface area contributed by atoms with Gasteiger partial charge in [0.2, 0.25) is 11.8 Å². The van der Waals surface area contributed by atoms with Gasteiger partial charge in [0.25, 0.3) is 0 Å². The van der Waals surface area contributed by atoms with Crippen LogP contribution in [0.3, 0.4) is 0 Å². The Hall–Kier alpha value is -1.30. The van der Waals surface area contributed by atoms with Crippen molar-refractivity contribution in [1.29, 1.82) is 0 Å². The quantitative estimate of drug-likeness (QED) is 0.896. The molecule has 1 aromatic carbocycles. The Bertz CT molecular complexity index is 503. The van der Waals surface area contributed by atoms with Gasteiger partial charge in [-0.25, -0.2) is 0 Å². The van der Waals surface area contributed by atoms with Gasteiger partial charge in [-0.05, 0) is 11.6 Å². The van der Waals surface area contributed by atoms with Crippen LogP contribution in [0.25, 0.3) is 0 Å². The zero-order valence-electron chi connectivity index (χ0n) is 11.6. The number of hydrogen-bond acceptors (Lipinski definition) is 3. The van der Waals surface area contributed by atoms with Crippen molar-refractivity contribution >= 4 is 35.8 Å². The van der Waals surface area contributed by atoms with E-state index in [2.05, 4.69) is 0 Å². The monoisotopic (exact) mass is 331 g/mol. The van der Waals surface area contributed by atoms with E-state index in [-0.39, 0.29) is 30.8 Å². The summed E-state index contributed by atoms with van der Waals surface area (Å²) in [5.41, 5.74) is 6.16. The predicted molar refractivity (Wildman–Crippen MR) is 84.6 cm³/mol. The minimum atomic E-state index is -0.0665. The van der Waals surface area contributed by atoms with Gasteiger partial charge >= 0.3 is 0 Å². The maximum atomic E-state index is 12.2. The summed E-state index contributed by atoms with van der Waals surface area (Å²) >= 11 is 6.05. The highest BCUT2D eigenvalue weighted by atomic mass is 35.5. The number of benzene rings is 1. The van der Waals surface area contributed by atoms with Crippen molar-refractivity contribution in [1.82, 2.24) is 9.80 Å². The van der Waals surface area contributed by atoms with Crippen molar-refractivity contribution in [3.05, 3.63) is 34.9 Å². The lowest BCUT2D eigenvalue weighted by atomic mass is 10.1. The fourth-order valence-corrected chi connectivity index (χ4v) is 2.45. The molecule has 1 aliphatic rings. The van der Waals surface area contributed by atoms with Crippen LogP contribution in [0.4, 0.5) is 0 Å². The second kappa shape index (κ2) is 8.22. The van der Waals surface area contributed by atoms with Crippen molar-refractivity contribution in [2.45, 2.75) is 6.42 Å². The van der Waals surface area contributed by atoms with Crippen LogP contribution >= 0.6 is 24.0 Å². The van der Waals surface area contributed by atoms with Gasteiger partial charge in [0.05, 0.1) is 13.0 Å². The minimum Gasteiger partial charge on any atom is -0.339 e. The lowest BCUT2D eigenvalue weighted by Gasteiger charge is -2.34. The SMILES string of the molecule is Cl.NCC(=O)N1CCN(C(=O)Cc2ccccc2Cl)CC1. The molecule has 21 heavy (non-hydrogen) atoms. The van der Waals surface area contributed by atoms with Gasteiger partial charge in [-0.1, -0.05) is 29.8 Å². The molecule has 1 aliphatic heterocycles. The van der Waals surface area contributed by atoms with E-state index in [1.807, 2.05) is 18.2 Å². The Morgan fingerprint density at radius 3 is 2.10 bits per heavy atom. The molecule has 0 spiro atoms. The molecule has 1 aromatic rings. The van der Waals surface area contributed by atoms with Crippen LogP contribution in [0.1, 0.15) is 5.56 Å². The zero-order valence-corrected chi connectivity index (χ0v) is 13.2. The lowest BCUT2D eigenvalue weighted by Crippen LogP contribution is -2.52. The Labute approximate surface area is 135 Å². The molecule has 1 saturated heterocycles. The lowest BCUT2D eigenvalue weighted by molar-refractivity contribution is -0.138. The standard InChI is InChI=1S/C14H18ClN3O2.ClH/c15-12-4-2-1-3-11(12)9-13(19)17-5-7-18(8-6-17)14(20)10-16;/h1-4H,5-10,16H2;1H. The molecule has 0 bridgehead atoms. The molecule has 0 radical (unpaired) electrons. The fourth-order valence-electron chi connectivity index (χ4n) is 2.25. The van der Waals surface area contributed by atoms with Crippen molar-refractivity contribution in [2.75, 3.05) is 32.7 Å². The first-order valence-electron chi connectivity index (χ1n) is 6.61. The average molecular weight is 332 g/mol. The number of nitrogens with two attached hydrogens (primary N) is 1. The average Bonchev–Trinajstić information content (AvgIpc) is 2.49. The third-order valence-corrected chi connectivity index (χ3v) is 3.83. The fraction of sp³-hybridized carbons (Fsp3) is 0.429. The molecule has 5 nitrogen and oxygen atoms in total. The largest absolute Gasteiger partial charge is 0.339 e. The number of carbonyl (C=O) groups is 2. The van der Waals surface area contributed by atoms with Gasteiger partial charge < -0.3 is 15.5 Å². The summed E-state index contributed by atoms with van der Waals surface area (Å²) in [7, 11) is 0. The summed E-state index contributed by atoms with van der Waals surface area (Å²) in [5, 5.41) is 0.609. The van der Waals surface area contributed by atoms with Crippen molar-refractivity contribution < 1.29 is 9.59 Å². The van der Waals surface area contributed by atoms with Gasteiger partial charge in [0, 0.05) is 31.2 Å². The molecule has 2 rings (SSSR count). The summed E-state index contributed by atoms with van der Waals surface area (Å²) in [6, 6.07) is 7.34. The highest BCUT2D eigenvalue weighted by Gasteiger charge is 2.23. The minimum absolute atomic E-state index is 0. The predicted octanol–water partition coefficient (Wildman–Crippen LogP) is 0.934. The first kappa shape index (κ1) is 17.8. The first-order chi connectivity index (χ1) is 9.61. The number of carbonyl (C=O) groups excluding carboxylic acids is 2. The molecule has 0 aliphatic carbocycles. The van der Waals surface area contributed by atoms with E-state index in [4.69, 9.17) is 17.3 Å². The normalized spacial score (nSPS) is 14.6. The molecule has 1 heterocycles. The molecule has 2 amide bonds. The van der Waals surface area contributed by atoms with Gasteiger partial charge in [-0.3, -0.25) is 9.59 Å². The molecule has 0 unspecified atom stereocenters. The molecule has 1 fully saturated rings. The maximum absolute atomic E-state index is 12.2. The van der Waals surface area contributed by atoms with Gasteiger partial charge in [0.1, 0.15) is 0 Å². The van der Waals surface area contributed by atoms with E-state index in [0.717, 1.165) is 5.56 Å². The highest BCUT2D eigenvalue weighted by molar-refractivity contribution is 6.31. The Morgan fingerprint density at radius 1 is 1.05 bits per heavy atom. The van der Waals surface area contributed by atoms with E-state index < -0.39 is 0 Å².